The van der Waals surface area contributed by atoms with Crippen LogP contribution in [0.25, 0.3) is 0 Å². The summed E-state index contributed by atoms with van der Waals surface area (Å²) in [6, 6.07) is 12.6. The molecule has 0 saturated carbocycles. The Labute approximate surface area is 168 Å². The topological polar surface area (TPSA) is 84.2 Å². The molecular weight excluding hydrogens is 373 g/mol. The van der Waals surface area contributed by atoms with Gasteiger partial charge in [-0.3, -0.25) is 9.78 Å². The van der Waals surface area contributed by atoms with Gasteiger partial charge in [-0.1, -0.05) is 29.4 Å². The molecule has 3 aromatic rings. The second-order valence-corrected chi connectivity index (χ2v) is 7.34. The van der Waals surface area contributed by atoms with Gasteiger partial charge in [0.1, 0.15) is 5.82 Å². The normalized spacial score (nSPS) is 15.0. The summed E-state index contributed by atoms with van der Waals surface area (Å²) in [5.74, 6) is 0.0517. The third-order valence-electron chi connectivity index (χ3n) is 5.13. The summed E-state index contributed by atoms with van der Waals surface area (Å²) in [6.07, 6.45) is 2.67. The number of hydrogen-bond acceptors (Lipinski definition) is 6. The van der Waals surface area contributed by atoms with Crippen LogP contribution in [-0.4, -0.2) is 40.7 Å². The van der Waals surface area contributed by atoms with Gasteiger partial charge in [0.2, 0.25) is 11.8 Å². The molecular formula is C21H22FN5O2. The van der Waals surface area contributed by atoms with E-state index < -0.39 is 5.41 Å². The Kier molecular flexibility index (Phi) is 5.24. The van der Waals surface area contributed by atoms with Crippen LogP contribution in [-0.2, 0) is 17.6 Å². The van der Waals surface area contributed by atoms with Crippen LogP contribution < -0.4 is 10.2 Å². The maximum absolute atomic E-state index is 14.2. The molecule has 4 rings (SSSR count). The van der Waals surface area contributed by atoms with Gasteiger partial charge in [-0.2, -0.15) is 0 Å². The Bertz CT molecular complexity index is 986. The standard InChI is InChI=1S/C21H22FN5O2/c1-15-25-26-20(29-15)27-13-21(14-27,12-16-6-2-3-8-18(16)22)19(28)24-11-9-17-7-4-5-10-23-17/h2-8,10H,9,11-14H2,1H3,(H,24,28). The minimum atomic E-state index is -0.755. The molecule has 0 atom stereocenters. The van der Waals surface area contributed by atoms with Gasteiger partial charge in [-0.25, -0.2) is 4.39 Å². The lowest BCUT2D eigenvalue weighted by Gasteiger charge is -2.48. The average molecular weight is 395 g/mol. The van der Waals surface area contributed by atoms with Crippen molar-refractivity contribution in [1.82, 2.24) is 20.5 Å². The molecule has 8 heteroatoms. The van der Waals surface area contributed by atoms with Gasteiger partial charge in [0, 0.05) is 44.9 Å². The van der Waals surface area contributed by atoms with Crippen LogP contribution in [0.1, 0.15) is 17.1 Å². The van der Waals surface area contributed by atoms with Crippen molar-refractivity contribution in [3.05, 3.63) is 71.6 Å². The summed E-state index contributed by atoms with van der Waals surface area (Å²) < 4.78 is 19.7. The first kappa shape index (κ1) is 19.0. The molecule has 1 aliphatic rings. The number of nitrogens with zero attached hydrogens (tertiary/aromatic N) is 4. The molecule has 1 saturated heterocycles. The lowest BCUT2D eigenvalue weighted by atomic mass is 9.74. The van der Waals surface area contributed by atoms with Crippen LogP contribution in [0, 0.1) is 18.2 Å². The Morgan fingerprint density at radius 1 is 1.21 bits per heavy atom. The van der Waals surface area contributed by atoms with Gasteiger partial charge in [-0.05, 0) is 30.2 Å². The van der Waals surface area contributed by atoms with Crippen molar-refractivity contribution in [2.75, 3.05) is 24.5 Å². The fourth-order valence-corrected chi connectivity index (χ4v) is 3.61. The lowest BCUT2D eigenvalue weighted by molar-refractivity contribution is -0.132. The van der Waals surface area contributed by atoms with E-state index in [4.69, 9.17) is 4.42 Å². The summed E-state index contributed by atoms with van der Waals surface area (Å²) in [6.45, 7) is 2.96. The summed E-state index contributed by atoms with van der Waals surface area (Å²) in [4.78, 5) is 19.2. The average Bonchev–Trinajstić information content (AvgIpc) is 3.12. The van der Waals surface area contributed by atoms with Gasteiger partial charge in [0.15, 0.2) is 0 Å². The van der Waals surface area contributed by atoms with Crippen LogP contribution in [0.2, 0.25) is 0 Å². The molecule has 1 aromatic carbocycles. The quantitative estimate of drug-likeness (QED) is 0.661. The van der Waals surface area contributed by atoms with E-state index in [1.54, 1.807) is 31.3 Å². The predicted molar refractivity (Wildman–Crippen MR) is 105 cm³/mol. The van der Waals surface area contributed by atoms with E-state index in [9.17, 15) is 9.18 Å². The number of aromatic nitrogens is 3. The van der Waals surface area contributed by atoms with E-state index in [1.807, 2.05) is 23.1 Å². The zero-order chi connectivity index (χ0) is 20.3. The third kappa shape index (κ3) is 4.11. The molecule has 2 aromatic heterocycles. The second kappa shape index (κ2) is 7.98. The van der Waals surface area contributed by atoms with Gasteiger partial charge in [-0.15, -0.1) is 5.10 Å². The van der Waals surface area contributed by atoms with Crippen molar-refractivity contribution >= 4 is 11.9 Å². The largest absolute Gasteiger partial charge is 0.408 e. The summed E-state index contributed by atoms with van der Waals surface area (Å²) >= 11 is 0. The lowest BCUT2D eigenvalue weighted by Crippen LogP contribution is -2.64. The van der Waals surface area contributed by atoms with Crippen molar-refractivity contribution in [3.63, 3.8) is 0 Å². The van der Waals surface area contributed by atoms with Gasteiger partial charge >= 0.3 is 6.01 Å². The number of carbonyl (C=O) groups is 1. The predicted octanol–water partition coefficient (Wildman–Crippen LogP) is 2.32. The van der Waals surface area contributed by atoms with Gasteiger partial charge in [0.25, 0.3) is 0 Å². The number of benzene rings is 1. The van der Waals surface area contributed by atoms with E-state index in [2.05, 4.69) is 20.5 Å². The van der Waals surface area contributed by atoms with Crippen LogP contribution in [0.3, 0.4) is 0 Å². The third-order valence-corrected chi connectivity index (χ3v) is 5.13. The smallest absolute Gasteiger partial charge is 0.318 e. The van der Waals surface area contributed by atoms with Crippen molar-refractivity contribution in [1.29, 1.82) is 0 Å². The highest BCUT2D eigenvalue weighted by Gasteiger charge is 2.51. The van der Waals surface area contributed by atoms with Crippen molar-refractivity contribution in [3.8, 4) is 0 Å². The number of rotatable bonds is 7. The van der Waals surface area contributed by atoms with Crippen molar-refractivity contribution < 1.29 is 13.6 Å². The maximum Gasteiger partial charge on any atom is 0.318 e. The molecule has 3 heterocycles. The van der Waals surface area contributed by atoms with E-state index in [0.717, 1.165) is 5.69 Å². The zero-order valence-electron chi connectivity index (χ0n) is 16.1. The SMILES string of the molecule is Cc1nnc(N2CC(Cc3ccccc3F)(C(=O)NCCc3ccccn3)C2)o1. The monoisotopic (exact) mass is 395 g/mol. The maximum atomic E-state index is 14.2. The van der Waals surface area contributed by atoms with Crippen LogP contribution in [0.4, 0.5) is 10.4 Å². The number of aryl methyl sites for hydroxylation is 1. The molecule has 7 nitrogen and oxygen atoms in total. The van der Waals surface area contributed by atoms with E-state index in [0.29, 0.717) is 49.9 Å². The first-order valence-electron chi connectivity index (χ1n) is 9.52. The zero-order valence-corrected chi connectivity index (χ0v) is 16.1. The van der Waals surface area contributed by atoms with Crippen molar-refractivity contribution in [2.24, 2.45) is 5.41 Å². The summed E-state index contributed by atoms with van der Waals surface area (Å²) in [5.41, 5.74) is 0.676. The minimum absolute atomic E-state index is 0.107. The molecule has 0 bridgehead atoms. The van der Waals surface area contributed by atoms with E-state index in [1.165, 1.54) is 6.07 Å². The highest BCUT2D eigenvalue weighted by molar-refractivity contribution is 5.86. The molecule has 0 unspecified atom stereocenters. The van der Waals surface area contributed by atoms with Crippen LogP contribution in [0.15, 0.2) is 53.1 Å². The molecule has 29 heavy (non-hydrogen) atoms. The second-order valence-electron chi connectivity index (χ2n) is 7.34. The minimum Gasteiger partial charge on any atom is -0.408 e. The molecule has 1 aliphatic heterocycles. The number of carbonyl (C=O) groups excluding carboxylic acids is 1. The highest BCUT2D eigenvalue weighted by Crippen LogP contribution is 2.37. The number of pyridine rings is 1. The first-order chi connectivity index (χ1) is 14.1. The number of amides is 1. The van der Waals surface area contributed by atoms with Crippen LogP contribution >= 0.6 is 0 Å². The van der Waals surface area contributed by atoms with E-state index >= 15 is 0 Å². The number of anilines is 1. The molecule has 1 fully saturated rings. The van der Waals surface area contributed by atoms with Gasteiger partial charge < -0.3 is 14.6 Å². The van der Waals surface area contributed by atoms with Crippen molar-refractivity contribution in [2.45, 2.75) is 19.8 Å². The molecule has 0 aliphatic carbocycles. The van der Waals surface area contributed by atoms with Crippen LogP contribution in [0.5, 0.6) is 0 Å². The molecule has 0 spiro atoms. The molecule has 1 amide bonds. The molecule has 0 radical (unpaired) electrons. The van der Waals surface area contributed by atoms with E-state index in [-0.39, 0.29) is 11.7 Å². The summed E-state index contributed by atoms with van der Waals surface area (Å²) in [5, 5.41) is 10.8. The fourth-order valence-electron chi connectivity index (χ4n) is 3.61. The van der Waals surface area contributed by atoms with Gasteiger partial charge in [0.05, 0.1) is 5.41 Å². The Hall–Kier alpha value is -3.29. The Morgan fingerprint density at radius 3 is 2.69 bits per heavy atom. The molecule has 150 valence electrons. The first-order valence-corrected chi connectivity index (χ1v) is 9.52. The fraction of sp³-hybridized carbons (Fsp3) is 0.333. The Balaban J connectivity index is 1.46. The molecule has 1 N–H and O–H groups in total. The number of hydrogen-bond donors (Lipinski definition) is 1. The highest BCUT2D eigenvalue weighted by atomic mass is 19.1. The summed E-state index contributed by atoms with van der Waals surface area (Å²) in [7, 11) is 0. The number of halogens is 1. The Morgan fingerprint density at radius 2 is 2.00 bits per heavy atom. The number of nitrogens with one attached hydrogen (secondary N) is 1.